The van der Waals surface area contributed by atoms with Crippen LogP contribution in [0.3, 0.4) is 0 Å². The average Bonchev–Trinajstić information content (AvgIpc) is 2.36. The number of ether oxygens (including phenoxy) is 2. The van der Waals surface area contributed by atoms with E-state index in [1.165, 1.54) is 0 Å². The van der Waals surface area contributed by atoms with Crippen LogP contribution in [0.15, 0.2) is 23.0 Å². The Balaban J connectivity index is 2.89. The van der Waals surface area contributed by atoms with Gasteiger partial charge in [-0.2, -0.15) is 13.2 Å². The van der Waals surface area contributed by atoms with Gasteiger partial charge in [-0.05, 0) is 19.9 Å². The fourth-order valence-electron chi connectivity index (χ4n) is 1.82. The van der Waals surface area contributed by atoms with Crippen LogP contribution in [-0.4, -0.2) is 24.1 Å². The Morgan fingerprint density at radius 1 is 1.20 bits per heavy atom. The smallest absolute Gasteiger partial charge is 0.353 e. The average molecular weight is 293 g/mol. The predicted molar refractivity (Wildman–Crippen MR) is 67.4 cm³/mol. The summed E-state index contributed by atoms with van der Waals surface area (Å²) in [7, 11) is 0. The Labute approximate surface area is 115 Å². The lowest BCUT2D eigenvalue weighted by Gasteiger charge is -2.19. The van der Waals surface area contributed by atoms with E-state index in [0.29, 0.717) is 17.8 Å². The van der Waals surface area contributed by atoms with Gasteiger partial charge >= 0.3 is 6.18 Å². The molecule has 0 aliphatic heterocycles. The van der Waals surface area contributed by atoms with Crippen LogP contribution < -0.4 is 5.56 Å². The fourth-order valence-corrected chi connectivity index (χ4v) is 1.82. The van der Waals surface area contributed by atoms with E-state index in [0.717, 1.165) is 18.2 Å². The molecule has 114 valence electrons. The fraction of sp³-hybridized carbons (Fsp3) is 0.615. The van der Waals surface area contributed by atoms with E-state index in [1.54, 1.807) is 13.8 Å². The van der Waals surface area contributed by atoms with Crippen LogP contribution in [0.1, 0.15) is 26.0 Å². The van der Waals surface area contributed by atoms with Gasteiger partial charge in [-0.1, -0.05) is 6.07 Å². The van der Waals surface area contributed by atoms with Crippen molar-refractivity contribution < 1.29 is 22.6 Å². The summed E-state index contributed by atoms with van der Waals surface area (Å²) >= 11 is 0. The monoisotopic (exact) mass is 293 g/mol. The third-order valence-corrected chi connectivity index (χ3v) is 2.63. The molecule has 0 fully saturated rings. The third kappa shape index (κ3) is 4.64. The van der Waals surface area contributed by atoms with E-state index in [4.69, 9.17) is 9.47 Å². The van der Waals surface area contributed by atoms with Gasteiger partial charge in [0.2, 0.25) is 0 Å². The van der Waals surface area contributed by atoms with Gasteiger partial charge in [0, 0.05) is 32.2 Å². The first-order chi connectivity index (χ1) is 9.40. The summed E-state index contributed by atoms with van der Waals surface area (Å²) in [5.41, 5.74) is -1.65. The molecule has 0 atom stereocenters. The van der Waals surface area contributed by atoms with Crippen LogP contribution in [0.4, 0.5) is 13.2 Å². The zero-order chi connectivity index (χ0) is 15.2. The molecule has 0 aliphatic carbocycles. The number of nitrogens with zero attached hydrogens (tertiary/aromatic N) is 1. The highest BCUT2D eigenvalue weighted by molar-refractivity contribution is 5.10. The van der Waals surface area contributed by atoms with Gasteiger partial charge in [-0.3, -0.25) is 4.79 Å². The molecule has 0 spiro atoms. The number of aromatic nitrogens is 1. The van der Waals surface area contributed by atoms with Crippen LogP contribution in [0.25, 0.3) is 0 Å². The van der Waals surface area contributed by atoms with Crippen LogP contribution in [-0.2, 0) is 22.2 Å². The first kappa shape index (κ1) is 16.7. The minimum atomic E-state index is -4.56. The Morgan fingerprint density at radius 2 is 1.80 bits per heavy atom. The second-order valence-electron chi connectivity index (χ2n) is 4.03. The molecule has 0 bridgehead atoms. The maximum absolute atomic E-state index is 12.8. The second kappa shape index (κ2) is 7.44. The lowest BCUT2D eigenvalue weighted by atomic mass is 10.3. The maximum atomic E-state index is 12.8. The molecular weight excluding hydrogens is 275 g/mol. The predicted octanol–water partition coefficient (Wildman–Crippen LogP) is 2.66. The first-order valence-electron chi connectivity index (χ1n) is 6.40. The zero-order valence-corrected chi connectivity index (χ0v) is 11.4. The van der Waals surface area contributed by atoms with E-state index >= 15 is 0 Å². The van der Waals surface area contributed by atoms with Gasteiger partial charge in [0.05, 0.1) is 0 Å². The molecule has 0 aromatic carbocycles. The number of halogens is 3. The Morgan fingerprint density at radius 3 is 2.30 bits per heavy atom. The van der Waals surface area contributed by atoms with Crippen molar-refractivity contribution >= 4 is 0 Å². The topological polar surface area (TPSA) is 40.5 Å². The van der Waals surface area contributed by atoms with Crippen molar-refractivity contribution in [3.05, 3.63) is 34.2 Å². The number of hydrogen-bond donors (Lipinski definition) is 0. The van der Waals surface area contributed by atoms with Crippen molar-refractivity contribution in [1.82, 2.24) is 4.57 Å². The summed E-state index contributed by atoms with van der Waals surface area (Å²) in [5, 5.41) is 0. The molecule has 0 saturated carbocycles. The van der Waals surface area contributed by atoms with Gasteiger partial charge in [0.1, 0.15) is 5.69 Å². The first-order valence-corrected chi connectivity index (χ1v) is 6.40. The highest BCUT2D eigenvalue weighted by Gasteiger charge is 2.34. The van der Waals surface area contributed by atoms with Crippen molar-refractivity contribution in [1.29, 1.82) is 0 Å². The molecule has 0 amide bonds. The van der Waals surface area contributed by atoms with Crippen molar-refractivity contribution in [3.8, 4) is 0 Å². The van der Waals surface area contributed by atoms with Gasteiger partial charge in [-0.25, -0.2) is 0 Å². The Kier molecular flexibility index (Phi) is 6.22. The standard InChI is InChI=1S/C13H18F3NO3/c1-3-19-12(20-4-2)8-9-17-10(13(14,15)16)6-5-7-11(17)18/h5-7,12H,3-4,8-9H2,1-2H3. The minimum Gasteiger partial charge on any atom is -0.353 e. The van der Waals surface area contributed by atoms with Crippen LogP contribution >= 0.6 is 0 Å². The molecule has 1 aromatic heterocycles. The lowest BCUT2D eigenvalue weighted by Crippen LogP contribution is -2.29. The molecule has 1 rings (SSSR count). The summed E-state index contributed by atoms with van der Waals surface area (Å²) in [6.07, 6.45) is -5.00. The lowest BCUT2D eigenvalue weighted by molar-refractivity contribution is -0.150. The molecule has 7 heteroatoms. The Bertz CT molecular complexity index is 465. The maximum Gasteiger partial charge on any atom is 0.431 e. The molecule has 0 N–H and O–H groups in total. The van der Waals surface area contributed by atoms with E-state index in [9.17, 15) is 18.0 Å². The normalized spacial score (nSPS) is 12.1. The number of pyridine rings is 1. The van der Waals surface area contributed by atoms with Crippen molar-refractivity contribution in [2.45, 2.75) is 39.3 Å². The van der Waals surface area contributed by atoms with Gasteiger partial charge in [0.15, 0.2) is 6.29 Å². The quantitative estimate of drug-likeness (QED) is 0.726. The van der Waals surface area contributed by atoms with Crippen molar-refractivity contribution in [2.24, 2.45) is 0 Å². The summed E-state index contributed by atoms with van der Waals surface area (Å²) in [6.45, 7) is 4.20. The molecule has 1 aromatic rings. The van der Waals surface area contributed by atoms with Crippen LogP contribution in [0.2, 0.25) is 0 Å². The van der Waals surface area contributed by atoms with Gasteiger partial charge in [0.25, 0.3) is 5.56 Å². The summed E-state index contributed by atoms with van der Waals surface area (Å²) in [6, 6.07) is 3.09. The zero-order valence-electron chi connectivity index (χ0n) is 11.4. The number of hydrogen-bond acceptors (Lipinski definition) is 3. The summed E-state index contributed by atoms with van der Waals surface area (Å²) in [5.74, 6) is 0. The molecular formula is C13H18F3NO3. The number of alkyl halides is 3. The van der Waals surface area contributed by atoms with Crippen LogP contribution in [0, 0.1) is 0 Å². The van der Waals surface area contributed by atoms with Gasteiger partial charge in [-0.15, -0.1) is 0 Å². The third-order valence-electron chi connectivity index (χ3n) is 2.63. The van der Waals surface area contributed by atoms with E-state index < -0.39 is 23.7 Å². The number of rotatable bonds is 7. The van der Waals surface area contributed by atoms with Gasteiger partial charge < -0.3 is 14.0 Å². The minimum absolute atomic E-state index is 0.112. The second-order valence-corrected chi connectivity index (χ2v) is 4.03. The largest absolute Gasteiger partial charge is 0.431 e. The highest BCUT2D eigenvalue weighted by Crippen LogP contribution is 2.28. The van der Waals surface area contributed by atoms with E-state index in [1.807, 2.05) is 0 Å². The summed E-state index contributed by atoms with van der Waals surface area (Å²) in [4.78, 5) is 11.6. The van der Waals surface area contributed by atoms with E-state index in [-0.39, 0.29) is 13.0 Å². The van der Waals surface area contributed by atoms with Crippen molar-refractivity contribution in [3.63, 3.8) is 0 Å². The molecule has 0 unspecified atom stereocenters. The molecule has 0 aliphatic rings. The molecule has 4 nitrogen and oxygen atoms in total. The highest BCUT2D eigenvalue weighted by atomic mass is 19.4. The Hall–Kier alpha value is -1.34. The van der Waals surface area contributed by atoms with E-state index in [2.05, 4.69) is 0 Å². The molecule has 20 heavy (non-hydrogen) atoms. The molecule has 1 heterocycles. The van der Waals surface area contributed by atoms with Crippen LogP contribution in [0.5, 0.6) is 0 Å². The van der Waals surface area contributed by atoms with Crippen molar-refractivity contribution in [2.75, 3.05) is 13.2 Å². The SMILES string of the molecule is CCOC(CCn1c(C(F)(F)F)cccc1=O)OCC. The molecule has 0 radical (unpaired) electrons. The molecule has 0 saturated heterocycles. The summed E-state index contributed by atoms with van der Waals surface area (Å²) < 4.78 is 49.7.